The van der Waals surface area contributed by atoms with Crippen molar-refractivity contribution in [3.05, 3.63) is 41.7 Å². The van der Waals surface area contributed by atoms with Crippen molar-refractivity contribution in [2.24, 2.45) is 5.10 Å². The minimum atomic E-state index is 0.463. The van der Waals surface area contributed by atoms with Gasteiger partial charge in [-0.3, -0.25) is 0 Å². The molecule has 1 aliphatic carbocycles. The molecule has 3 rings (SSSR count). The van der Waals surface area contributed by atoms with Gasteiger partial charge in [-0.15, -0.1) is 22.8 Å². The zero-order valence-electron chi connectivity index (χ0n) is 11.3. The van der Waals surface area contributed by atoms with Crippen LogP contribution in [0.2, 0.25) is 0 Å². The van der Waals surface area contributed by atoms with E-state index in [4.69, 9.17) is 0 Å². The molecule has 0 aliphatic heterocycles. The highest BCUT2D eigenvalue weighted by Gasteiger charge is 2.22. The number of hydrogen-bond acceptors (Lipinski definition) is 4. The fourth-order valence-electron chi connectivity index (χ4n) is 2.67. The Hall–Kier alpha value is -1.62. The van der Waals surface area contributed by atoms with E-state index < -0.39 is 0 Å². The number of benzene rings is 1. The largest absolute Gasteiger partial charge is 0.208 e. The lowest BCUT2D eigenvalue weighted by Crippen LogP contribution is -2.10. The molecule has 1 heterocycles. The number of hydrogen-bond donors (Lipinski definition) is 1. The second kappa shape index (κ2) is 6.22. The molecule has 0 bridgehead atoms. The highest BCUT2D eigenvalue weighted by Crippen LogP contribution is 2.32. The van der Waals surface area contributed by atoms with E-state index in [0.29, 0.717) is 11.1 Å². The highest BCUT2D eigenvalue weighted by molar-refractivity contribution is 7.80. The summed E-state index contributed by atoms with van der Waals surface area (Å²) in [7, 11) is 0. The van der Waals surface area contributed by atoms with E-state index in [0.717, 1.165) is 11.4 Å². The fourth-order valence-corrected chi connectivity index (χ4v) is 2.87. The first-order valence-corrected chi connectivity index (χ1v) is 7.53. The van der Waals surface area contributed by atoms with Crippen molar-refractivity contribution >= 4 is 18.8 Å². The summed E-state index contributed by atoms with van der Waals surface area (Å²) in [4.78, 5) is 0. The third kappa shape index (κ3) is 2.93. The average molecular weight is 286 g/mol. The first-order chi connectivity index (χ1) is 9.84. The van der Waals surface area contributed by atoms with Crippen LogP contribution < -0.4 is 0 Å². The van der Waals surface area contributed by atoms with Crippen LogP contribution in [-0.2, 0) is 0 Å². The van der Waals surface area contributed by atoms with Gasteiger partial charge in [-0.1, -0.05) is 49.6 Å². The lowest BCUT2D eigenvalue weighted by atomic mass is 9.89. The van der Waals surface area contributed by atoms with Gasteiger partial charge in [0.05, 0.1) is 6.21 Å². The predicted octanol–water partition coefficient (Wildman–Crippen LogP) is 3.50. The molecule has 0 radical (unpaired) electrons. The van der Waals surface area contributed by atoms with Crippen LogP contribution in [0, 0.1) is 0 Å². The molecule has 104 valence electrons. The summed E-state index contributed by atoms with van der Waals surface area (Å²) < 4.78 is 1.77. The second-order valence-corrected chi connectivity index (χ2v) is 5.56. The van der Waals surface area contributed by atoms with E-state index in [1.807, 2.05) is 36.5 Å². The van der Waals surface area contributed by atoms with Crippen molar-refractivity contribution in [3.8, 4) is 0 Å². The summed E-state index contributed by atoms with van der Waals surface area (Å²) in [6.07, 6.45) is 8.03. The zero-order valence-corrected chi connectivity index (χ0v) is 12.2. The highest BCUT2D eigenvalue weighted by atomic mass is 32.1. The Morgan fingerprint density at radius 1 is 1.10 bits per heavy atom. The number of rotatable bonds is 3. The molecule has 0 atom stereocenters. The van der Waals surface area contributed by atoms with Gasteiger partial charge in [0.1, 0.15) is 0 Å². The lowest BCUT2D eigenvalue weighted by molar-refractivity contribution is 0.417. The van der Waals surface area contributed by atoms with Gasteiger partial charge in [0.15, 0.2) is 5.82 Å². The molecule has 5 heteroatoms. The van der Waals surface area contributed by atoms with Crippen LogP contribution >= 0.6 is 12.6 Å². The predicted molar refractivity (Wildman–Crippen MR) is 82.5 cm³/mol. The van der Waals surface area contributed by atoms with Crippen LogP contribution in [0.25, 0.3) is 0 Å². The minimum absolute atomic E-state index is 0.463. The second-order valence-electron chi connectivity index (χ2n) is 5.16. The Morgan fingerprint density at radius 2 is 1.85 bits per heavy atom. The molecule has 1 saturated carbocycles. The number of thiol groups is 1. The Balaban J connectivity index is 1.85. The lowest BCUT2D eigenvalue weighted by Gasteiger charge is -2.20. The van der Waals surface area contributed by atoms with Gasteiger partial charge in [0.2, 0.25) is 5.16 Å². The van der Waals surface area contributed by atoms with Crippen LogP contribution in [0.4, 0.5) is 0 Å². The molecule has 0 N–H and O–H groups in total. The van der Waals surface area contributed by atoms with E-state index in [1.54, 1.807) is 4.68 Å². The Kier molecular flexibility index (Phi) is 4.16. The van der Waals surface area contributed by atoms with Gasteiger partial charge in [-0.25, -0.2) is 0 Å². The van der Waals surface area contributed by atoms with Gasteiger partial charge in [-0.2, -0.15) is 9.78 Å². The summed E-state index contributed by atoms with van der Waals surface area (Å²) in [5.74, 6) is 1.41. The number of nitrogens with zero attached hydrogens (tertiary/aromatic N) is 4. The third-order valence-electron chi connectivity index (χ3n) is 3.74. The van der Waals surface area contributed by atoms with Crippen molar-refractivity contribution in [2.75, 3.05) is 0 Å². The van der Waals surface area contributed by atoms with Crippen molar-refractivity contribution in [1.29, 1.82) is 0 Å². The van der Waals surface area contributed by atoms with Crippen molar-refractivity contribution in [3.63, 3.8) is 0 Å². The molecule has 2 aromatic rings. The van der Waals surface area contributed by atoms with Crippen molar-refractivity contribution < 1.29 is 0 Å². The zero-order chi connectivity index (χ0) is 13.8. The molecule has 1 aromatic heterocycles. The number of aromatic nitrogens is 3. The monoisotopic (exact) mass is 286 g/mol. The topological polar surface area (TPSA) is 43.1 Å². The summed E-state index contributed by atoms with van der Waals surface area (Å²) in [5, 5.41) is 13.4. The quantitative estimate of drug-likeness (QED) is 0.693. The van der Waals surface area contributed by atoms with Crippen LogP contribution in [0.3, 0.4) is 0 Å². The van der Waals surface area contributed by atoms with Crippen LogP contribution in [0.5, 0.6) is 0 Å². The fraction of sp³-hybridized carbons (Fsp3) is 0.400. The molecule has 20 heavy (non-hydrogen) atoms. The van der Waals surface area contributed by atoms with E-state index >= 15 is 0 Å². The molecular weight excluding hydrogens is 268 g/mol. The van der Waals surface area contributed by atoms with Gasteiger partial charge in [0.25, 0.3) is 0 Å². The maximum absolute atomic E-state index is 4.50. The Labute approximate surface area is 124 Å². The van der Waals surface area contributed by atoms with E-state index in [2.05, 4.69) is 27.9 Å². The molecular formula is C15H18N4S. The molecule has 0 spiro atoms. The first-order valence-electron chi connectivity index (χ1n) is 7.08. The first kappa shape index (κ1) is 13.4. The van der Waals surface area contributed by atoms with Gasteiger partial charge < -0.3 is 0 Å². The smallest absolute Gasteiger partial charge is 0.191 e. The Morgan fingerprint density at radius 3 is 2.60 bits per heavy atom. The summed E-state index contributed by atoms with van der Waals surface area (Å²) in [6, 6.07) is 10.0. The summed E-state index contributed by atoms with van der Waals surface area (Å²) in [6.45, 7) is 0. The van der Waals surface area contributed by atoms with Gasteiger partial charge >= 0.3 is 0 Å². The molecule has 0 saturated heterocycles. The van der Waals surface area contributed by atoms with E-state index in [-0.39, 0.29) is 0 Å². The maximum Gasteiger partial charge on any atom is 0.208 e. The molecule has 1 aromatic carbocycles. The van der Waals surface area contributed by atoms with Crippen LogP contribution in [0.15, 0.2) is 40.6 Å². The standard InChI is InChI=1S/C15H18N4S/c20-15-18-17-14(13-9-5-2-6-10-13)19(15)16-11-12-7-3-1-4-8-12/h1,3-4,7-8,11,13H,2,5-6,9-10H2,(H,18,20). The summed E-state index contributed by atoms with van der Waals surface area (Å²) in [5.41, 5.74) is 1.06. The van der Waals surface area contributed by atoms with E-state index in [1.165, 1.54) is 32.1 Å². The van der Waals surface area contributed by atoms with Crippen molar-refractivity contribution in [1.82, 2.24) is 14.9 Å². The van der Waals surface area contributed by atoms with Gasteiger partial charge in [-0.05, 0) is 18.4 Å². The SMILES string of the molecule is Sc1nnc(C2CCCCC2)n1N=Cc1ccccc1. The van der Waals surface area contributed by atoms with Crippen LogP contribution in [0.1, 0.15) is 49.4 Å². The van der Waals surface area contributed by atoms with Gasteiger partial charge in [0, 0.05) is 5.92 Å². The maximum atomic E-state index is 4.50. The van der Waals surface area contributed by atoms with Crippen molar-refractivity contribution in [2.45, 2.75) is 43.2 Å². The average Bonchev–Trinajstić information content (AvgIpc) is 2.88. The Bertz CT molecular complexity index is 585. The molecule has 1 aliphatic rings. The molecule has 0 unspecified atom stereocenters. The van der Waals surface area contributed by atoms with Crippen LogP contribution in [-0.4, -0.2) is 21.1 Å². The minimum Gasteiger partial charge on any atom is -0.191 e. The molecule has 0 amide bonds. The normalized spacial score (nSPS) is 16.9. The van der Waals surface area contributed by atoms with E-state index in [9.17, 15) is 0 Å². The molecule has 4 nitrogen and oxygen atoms in total. The summed E-state index contributed by atoms with van der Waals surface area (Å²) >= 11 is 4.36. The third-order valence-corrected chi connectivity index (χ3v) is 4.02. The molecule has 1 fully saturated rings.